The summed E-state index contributed by atoms with van der Waals surface area (Å²) < 4.78 is 0. The Morgan fingerprint density at radius 3 is 2.14 bits per heavy atom. The van der Waals surface area contributed by atoms with Crippen molar-refractivity contribution in [2.75, 3.05) is 6.54 Å². The normalized spacial score (nSPS) is 10.4. The number of benzene rings is 1. The second kappa shape index (κ2) is 14.6. The molecule has 0 aliphatic rings. The summed E-state index contributed by atoms with van der Waals surface area (Å²) in [7, 11) is 0. The molecule has 0 heterocycles. The van der Waals surface area contributed by atoms with Crippen LogP contribution in [0.4, 0.5) is 0 Å². The number of rotatable bonds is 10. The minimum Gasteiger partial charge on any atom is -0.483 e. The predicted octanol–water partition coefficient (Wildman–Crippen LogP) is 4.96. The van der Waals surface area contributed by atoms with E-state index in [4.69, 9.17) is 9.90 Å². The van der Waals surface area contributed by atoms with E-state index in [9.17, 15) is 0 Å². The van der Waals surface area contributed by atoms with E-state index in [0.717, 1.165) is 6.54 Å². The van der Waals surface area contributed by atoms with Gasteiger partial charge in [0, 0.05) is 12.6 Å². The number of hydrogen-bond acceptors (Lipinski definition) is 2. The van der Waals surface area contributed by atoms with Crippen molar-refractivity contribution in [3.05, 3.63) is 35.9 Å². The molecule has 0 saturated carbocycles. The highest BCUT2D eigenvalue weighted by Gasteiger charge is 2.09. The standard InChI is InChI=1S/C18H31N.CH2O2/c1-4-5-6-7-8-12-15-19(17(2)3)16-18-13-10-9-11-14-18;2-1-3/h9-11,13-14,17H,4-8,12,15-16H2,1-3H3;1H,(H,2,3). The largest absolute Gasteiger partial charge is 0.483 e. The molecule has 0 aromatic heterocycles. The van der Waals surface area contributed by atoms with Gasteiger partial charge >= 0.3 is 0 Å². The third kappa shape index (κ3) is 11.3. The molecule has 0 bridgehead atoms. The Labute approximate surface area is 136 Å². The fourth-order valence-electron chi connectivity index (χ4n) is 2.43. The molecule has 1 aromatic carbocycles. The van der Waals surface area contributed by atoms with Crippen LogP contribution in [0.25, 0.3) is 0 Å². The molecule has 3 heteroatoms. The molecule has 0 aliphatic carbocycles. The van der Waals surface area contributed by atoms with E-state index in [0.29, 0.717) is 6.04 Å². The van der Waals surface area contributed by atoms with Crippen LogP contribution in [0.5, 0.6) is 0 Å². The van der Waals surface area contributed by atoms with Crippen LogP contribution in [0.3, 0.4) is 0 Å². The third-order valence-electron chi connectivity index (χ3n) is 3.76. The minimum atomic E-state index is -0.250. The van der Waals surface area contributed by atoms with Gasteiger partial charge in [-0.05, 0) is 32.4 Å². The van der Waals surface area contributed by atoms with Crippen molar-refractivity contribution < 1.29 is 9.90 Å². The number of carbonyl (C=O) groups is 1. The molecule has 0 saturated heterocycles. The van der Waals surface area contributed by atoms with Crippen LogP contribution < -0.4 is 0 Å². The van der Waals surface area contributed by atoms with Gasteiger partial charge in [0.05, 0.1) is 0 Å². The smallest absolute Gasteiger partial charge is 0.290 e. The van der Waals surface area contributed by atoms with E-state index in [-0.39, 0.29) is 6.47 Å². The van der Waals surface area contributed by atoms with E-state index in [1.54, 1.807) is 0 Å². The zero-order valence-electron chi connectivity index (χ0n) is 14.5. The summed E-state index contributed by atoms with van der Waals surface area (Å²) in [5, 5.41) is 6.89. The topological polar surface area (TPSA) is 40.5 Å². The van der Waals surface area contributed by atoms with Crippen LogP contribution in [0.2, 0.25) is 0 Å². The van der Waals surface area contributed by atoms with Crippen LogP contribution in [0, 0.1) is 0 Å². The first-order valence-corrected chi connectivity index (χ1v) is 8.51. The Bertz CT molecular complexity index is 352. The van der Waals surface area contributed by atoms with Gasteiger partial charge in [-0.15, -0.1) is 0 Å². The highest BCUT2D eigenvalue weighted by atomic mass is 16.3. The van der Waals surface area contributed by atoms with Gasteiger partial charge < -0.3 is 5.11 Å². The van der Waals surface area contributed by atoms with Gasteiger partial charge in [0.2, 0.25) is 0 Å². The molecule has 1 aromatic rings. The summed E-state index contributed by atoms with van der Waals surface area (Å²) in [6.45, 7) is 8.96. The van der Waals surface area contributed by atoms with Gasteiger partial charge in [-0.25, -0.2) is 0 Å². The number of hydrogen-bond donors (Lipinski definition) is 1. The second-order valence-electron chi connectivity index (χ2n) is 5.92. The van der Waals surface area contributed by atoms with Gasteiger partial charge in [-0.2, -0.15) is 0 Å². The van der Waals surface area contributed by atoms with E-state index in [1.165, 1.54) is 50.6 Å². The Morgan fingerprint density at radius 2 is 1.59 bits per heavy atom. The van der Waals surface area contributed by atoms with Crippen molar-refractivity contribution >= 4 is 6.47 Å². The number of unbranched alkanes of at least 4 members (excludes halogenated alkanes) is 5. The molecule has 1 N–H and O–H groups in total. The SMILES string of the molecule is CCCCCCCCN(Cc1ccccc1)C(C)C.O=CO. The molecule has 0 unspecified atom stereocenters. The number of nitrogens with zero attached hydrogens (tertiary/aromatic N) is 1. The molecule has 126 valence electrons. The monoisotopic (exact) mass is 307 g/mol. The van der Waals surface area contributed by atoms with Crippen molar-refractivity contribution in [1.29, 1.82) is 0 Å². The van der Waals surface area contributed by atoms with Crippen molar-refractivity contribution in [2.45, 2.75) is 71.9 Å². The fourth-order valence-corrected chi connectivity index (χ4v) is 2.43. The van der Waals surface area contributed by atoms with E-state index in [2.05, 4.69) is 56.0 Å². The zero-order valence-corrected chi connectivity index (χ0v) is 14.5. The summed E-state index contributed by atoms with van der Waals surface area (Å²) in [6, 6.07) is 11.5. The van der Waals surface area contributed by atoms with Crippen molar-refractivity contribution in [3.63, 3.8) is 0 Å². The van der Waals surface area contributed by atoms with Gasteiger partial charge in [0.25, 0.3) is 6.47 Å². The lowest BCUT2D eigenvalue weighted by molar-refractivity contribution is -0.122. The van der Waals surface area contributed by atoms with Crippen LogP contribution in [0.1, 0.15) is 64.9 Å². The van der Waals surface area contributed by atoms with Gasteiger partial charge in [-0.3, -0.25) is 9.69 Å². The number of carboxylic acid groups (broad SMARTS) is 1. The summed E-state index contributed by atoms with van der Waals surface area (Å²) in [5.41, 5.74) is 1.43. The lowest BCUT2D eigenvalue weighted by atomic mass is 10.1. The Balaban J connectivity index is 0.00000135. The van der Waals surface area contributed by atoms with Crippen molar-refractivity contribution in [1.82, 2.24) is 4.90 Å². The second-order valence-corrected chi connectivity index (χ2v) is 5.92. The Hall–Kier alpha value is -1.35. The van der Waals surface area contributed by atoms with Crippen molar-refractivity contribution in [3.8, 4) is 0 Å². The molecular formula is C19H33NO2. The first kappa shape index (κ1) is 20.6. The molecule has 22 heavy (non-hydrogen) atoms. The van der Waals surface area contributed by atoms with Gasteiger partial charge in [0.1, 0.15) is 0 Å². The predicted molar refractivity (Wildman–Crippen MR) is 94.1 cm³/mol. The van der Waals surface area contributed by atoms with Crippen LogP contribution in [-0.2, 0) is 11.3 Å². The third-order valence-corrected chi connectivity index (χ3v) is 3.76. The molecule has 3 nitrogen and oxygen atoms in total. The molecular weight excluding hydrogens is 274 g/mol. The average molecular weight is 307 g/mol. The highest BCUT2D eigenvalue weighted by molar-refractivity contribution is 5.32. The van der Waals surface area contributed by atoms with Crippen LogP contribution >= 0.6 is 0 Å². The van der Waals surface area contributed by atoms with Crippen LogP contribution in [0.15, 0.2) is 30.3 Å². The quantitative estimate of drug-likeness (QED) is 0.490. The van der Waals surface area contributed by atoms with E-state index < -0.39 is 0 Å². The molecule has 1 rings (SSSR count). The van der Waals surface area contributed by atoms with Gasteiger partial charge in [0.15, 0.2) is 0 Å². The Morgan fingerprint density at radius 1 is 1.05 bits per heavy atom. The molecule has 0 spiro atoms. The molecule has 0 fully saturated rings. The summed E-state index contributed by atoms with van der Waals surface area (Å²) in [5.74, 6) is 0. The Kier molecular flexibility index (Phi) is 13.7. The van der Waals surface area contributed by atoms with E-state index in [1.807, 2.05) is 0 Å². The minimum absolute atomic E-state index is 0.250. The average Bonchev–Trinajstić information content (AvgIpc) is 2.51. The molecule has 0 amide bonds. The summed E-state index contributed by atoms with van der Waals surface area (Å²) in [6.07, 6.45) is 8.29. The lowest BCUT2D eigenvalue weighted by Gasteiger charge is -2.26. The first-order valence-electron chi connectivity index (χ1n) is 8.51. The van der Waals surface area contributed by atoms with Gasteiger partial charge in [-0.1, -0.05) is 69.4 Å². The van der Waals surface area contributed by atoms with E-state index >= 15 is 0 Å². The maximum absolute atomic E-state index is 8.36. The van der Waals surface area contributed by atoms with Crippen molar-refractivity contribution in [2.24, 2.45) is 0 Å². The molecule has 0 aliphatic heterocycles. The lowest BCUT2D eigenvalue weighted by Crippen LogP contribution is -2.31. The molecule has 0 radical (unpaired) electrons. The fraction of sp³-hybridized carbons (Fsp3) is 0.632. The summed E-state index contributed by atoms with van der Waals surface area (Å²) in [4.78, 5) is 11.0. The van der Waals surface area contributed by atoms with Crippen LogP contribution in [-0.4, -0.2) is 29.1 Å². The maximum Gasteiger partial charge on any atom is 0.290 e. The first-order chi connectivity index (χ1) is 10.7. The summed E-state index contributed by atoms with van der Waals surface area (Å²) >= 11 is 0. The highest BCUT2D eigenvalue weighted by Crippen LogP contribution is 2.11. The zero-order chi connectivity index (χ0) is 16.6. The molecule has 0 atom stereocenters. The maximum atomic E-state index is 8.36.